The van der Waals surface area contributed by atoms with Crippen LogP contribution in [0.4, 0.5) is 19.0 Å². The van der Waals surface area contributed by atoms with Gasteiger partial charge in [-0.3, -0.25) is 9.78 Å². The lowest BCUT2D eigenvalue weighted by Crippen LogP contribution is -2.56. The van der Waals surface area contributed by atoms with Crippen molar-refractivity contribution in [1.29, 1.82) is 0 Å². The molecular formula is C22H31F3N4O. The molecule has 0 spiro atoms. The molecule has 1 saturated heterocycles. The highest BCUT2D eigenvalue weighted by molar-refractivity contribution is 6.09. The van der Waals surface area contributed by atoms with E-state index in [0.717, 1.165) is 12.5 Å². The number of nitrogens with one attached hydrogen (secondary N) is 1. The standard InChI is InChI=1S/C22H27F3N4O.2H2/c1-13(2)10-16-12-29(11-14(3)27-16)19-8-7-18(22(23,24)25)20(28-19)21(30)17-6-5-9-26-15(17)4;;/h5-9,13-14,16,27H,10-12H2,1-4H3;2*1H/t14-,16+;;/m1../s1. The maximum absolute atomic E-state index is 13.6. The molecule has 2 aromatic heterocycles. The first kappa shape index (κ1) is 22.2. The monoisotopic (exact) mass is 424 g/mol. The molecule has 2 atom stereocenters. The number of rotatable bonds is 5. The number of ketones is 1. The highest BCUT2D eigenvalue weighted by Gasteiger charge is 2.37. The SMILES string of the molecule is Cc1ncccc1C(=O)c1nc(N2C[C@H](CC(C)C)N[C@H](C)C2)ccc1C(F)(F)F.[HH].[HH]. The van der Waals surface area contributed by atoms with Crippen molar-refractivity contribution < 1.29 is 20.8 Å². The van der Waals surface area contributed by atoms with E-state index in [9.17, 15) is 18.0 Å². The fourth-order valence-electron chi connectivity index (χ4n) is 3.96. The molecule has 2 aromatic rings. The Morgan fingerprint density at radius 1 is 1.30 bits per heavy atom. The first-order valence-electron chi connectivity index (χ1n) is 10.1. The highest BCUT2D eigenvalue weighted by Crippen LogP contribution is 2.34. The maximum atomic E-state index is 13.6. The third-order valence-electron chi connectivity index (χ3n) is 5.19. The smallest absolute Gasteiger partial charge is 0.353 e. The van der Waals surface area contributed by atoms with E-state index in [1.54, 1.807) is 6.92 Å². The summed E-state index contributed by atoms with van der Waals surface area (Å²) in [5.74, 6) is 0.104. The van der Waals surface area contributed by atoms with Gasteiger partial charge < -0.3 is 10.2 Å². The van der Waals surface area contributed by atoms with E-state index in [1.165, 1.54) is 24.4 Å². The number of anilines is 1. The molecule has 0 radical (unpaired) electrons. The van der Waals surface area contributed by atoms with Gasteiger partial charge in [0.05, 0.1) is 5.56 Å². The van der Waals surface area contributed by atoms with Gasteiger partial charge in [0.1, 0.15) is 11.5 Å². The number of nitrogens with zero attached hydrogens (tertiary/aromatic N) is 3. The van der Waals surface area contributed by atoms with Crippen LogP contribution in [0.1, 0.15) is 57.4 Å². The molecule has 1 fully saturated rings. The molecule has 0 aromatic carbocycles. The van der Waals surface area contributed by atoms with Gasteiger partial charge in [0.25, 0.3) is 0 Å². The Bertz CT molecular complexity index is 922. The summed E-state index contributed by atoms with van der Waals surface area (Å²) in [7, 11) is 0. The van der Waals surface area contributed by atoms with Crippen LogP contribution in [0.25, 0.3) is 0 Å². The average molecular weight is 425 g/mol. The van der Waals surface area contributed by atoms with Crippen molar-refractivity contribution in [2.24, 2.45) is 5.92 Å². The third kappa shape index (κ3) is 4.98. The highest BCUT2D eigenvalue weighted by atomic mass is 19.4. The van der Waals surface area contributed by atoms with Crippen LogP contribution in [0.15, 0.2) is 30.5 Å². The van der Waals surface area contributed by atoms with Crippen molar-refractivity contribution in [2.45, 2.75) is 52.4 Å². The van der Waals surface area contributed by atoms with Crippen LogP contribution in [0, 0.1) is 12.8 Å². The van der Waals surface area contributed by atoms with Gasteiger partial charge in [-0.25, -0.2) is 4.98 Å². The molecule has 0 unspecified atom stereocenters. The van der Waals surface area contributed by atoms with Gasteiger partial charge in [0.2, 0.25) is 5.78 Å². The van der Waals surface area contributed by atoms with Crippen LogP contribution in [-0.4, -0.2) is 40.9 Å². The zero-order valence-corrected chi connectivity index (χ0v) is 17.6. The first-order chi connectivity index (χ1) is 14.1. The number of alkyl halides is 3. The molecule has 1 aliphatic heterocycles. The van der Waals surface area contributed by atoms with E-state index in [1.807, 2.05) is 11.8 Å². The van der Waals surface area contributed by atoms with Crippen LogP contribution < -0.4 is 10.2 Å². The summed E-state index contributed by atoms with van der Waals surface area (Å²) in [5, 5.41) is 3.53. The van der Waals surface area contributed by atoms with Gasteiger partial charge in [-0.2, -0.15) is 13.2 Å². The third-order valence-corrected chi connectivity index (χ3v) is 5.19. The number of aryl methyl sites for hydroxylation is 1. The zero-order chi connectivity index (χ0) is 22.1. The molecule has 0 bridgehead atoms. The summed E-state index contributed by atoms with van der Waals surface area (Å²) in [4.78, 5) is 23.2. The van der Waals surface area contributed by atoms with E-state index < -0.39 is 23.2 Å². The Labute approximate surface area is 177 Å². The average Bonchev–Trinajstić information content (AvgIpc) is 2.65. The number of halogens is 3. The Balaban J connectivity index is 0.00000256. The summed E-state index contributed by atoms with van der Waals surface area (Å²) < 4.78 is 40.9. The van der Waals surface area contributed by atoms with Crippen molar-refractivity contribution in [2.75, 3.05) is 18.0 Å². The minimum Gasteiger partial charge on any atom is -0.353 e. The predicted molar refractivity (Wildman–Crippen MR) is 114 cm³/mol. The predicted octanol–water partition coefficient (Wildman–Crippen LogP) is 4.74. The van der Waals surface area contributed by atoms with Crippen molar-refractivity contribution in [3.05, 3.63) is 53.0 Å². The molecule has 0 saturated carbocycles. The van der Waals surface area contributed by atoms with Crippen LogP contribution in [0.5, 0.6) is 0 Å². The molecule has 166 valence electrons. The number of aromatic nitrogens is 2. The Morgan fingerprint density at radius 3 is 2.67 bits per heavy atom. The maximum Gasteiger partial charge on any atom is 0.418 e. The zero-order valence-electron chi connectivity index (χ0n) is 17.6. The molecule has 0 aliphatic carbocycles. The number of carbonyl (C=O) groups is 1. The van der Waals surface area contributed by atoms with E-state index in [2.05, 4.69) is 29.1 Å². The fourth-order valence-corrected chi connectivity index (χ4v) is 3.96. The van der Waals surface area contributed by atoms with Crippen molar-refractivity contribution in [3.8, 4) is 0 Å². The van der Waals surface area contributed by atoms with Gasteiger partial charge in [-0.15, -0.1) is 0 Å². The van der Waals surface area contributed by atoms with Gasteiger partial charge >= 0.3 is 6.18 Å². The van der Waals surface area contributed by atoms with Gasteiger partial charge in [0.15, 0.2) is 0 Å². The molecule has 5 nitrogen and oxygen atoms in total. The second-order valence-corrected chi connectivity index (χ2v) is 8.33. The number of hydrogen-bond donors (Lipinski definition) is 1. The first-order valence-corrected chi connectivity index (χ1v) is 10.1. The molecular weight excluding hydrogens is 393 g/mol. The summed E-state index contributed by atoms with van der Waals surface area (Å²) >= 11 is 0. The topological polar surface area (TPSA) is 58.1 Å². The molecule has 1 aliphatic rings. The molecule has 3 heterocycles. The lowest BCUT2D eigenvalue weighted by Gasteiger charge is -2.39. The van der Waals surface area contributed by atoms with Crippen molar-refractivity contribution in [1.82, 2.24) is 15.3 Å². The lowest BCUT2D eigenvalue weighted by molar-refractivity contribution is -0.138. The fraction of sp³-hybridized carbons (Fsp3) is 0.500. The molecule has 30 heavy (non-hydrogen) atoms. The summed E-state index contributed by atoms with van der Waals surface area (Å²) in [6, 6.07) is 5.70. The van der Waals surface area contributed by atoms with E-state index in [0.29, 0.717) is 30.5 Å². The normalized spacial score (nSPS) is 19.9. The summed E-state index contributed by atoms with van der Waals surface area (Å²) in [6.45, 7) is 9.13. The lowest BCUT2D eigenvalue weighted by atomic mass is 9.99. The van der Waals surface area contributed by atoms with E-state index in [4.69, 9.17) is 0 Å². The van der Waals surface area contributed by atoms with Gasteiger partial charge in [-0.05, 0) is 50.5 Å². The second-order valence-electron chi connectivity index (χ2n) is 8.33. The van der Waals surface area contributed by atoms with Crippen molar-refractivity contribution >= 4 is 11.6 Å². The largest absolute Gasteiger partial charge is 0.418 e. The van der Waals surface area contributed by atoms with Crippen molar-refractivity contribution in [3.63, 3.8) is 0 Å². The molecule has 3 rings (SSSR count). The van der Waals surface area contributed by atoms with E-state index in [-0.39, 0.29) is 20.5 Å². The molecule has 8 heteroatoms. The quantitative estimate of drug-likeness (QED) is 0.703. The number of pyridine rings is 2. The van der Waals surface area contributed by atoms with Gasteiger partial charge in [0, 0.05) is 45.5 Å². The van der Waals surface area contributed by atoms with Crippen LogP contribution >= 0.6 is 0 Å². The number of carbonyl (C=O) groups excluding carboxylic acids is 1. The summed E-state index contributed by atoms with van der Waals surface area (Å²) in [5.41, 5.74) is -1.11. The summed E-state index contributed by atoms with van der Waals surface area (Å²) in [6.07, 6.45) is -2.23. The van der Waals surface area contributed by atoms with Crippen LogP contribution in [-0.2, 0) is 6.18 Å². The van der Waals surface area contributed by atoms with Gasteiger partial charge in [-0.1, -0.05) is 13.8 Å². The Hall–Kier alpha value is -2.48. The molecule has 0 amide bonds. The molecule has 1 N–H and O–H groups in total. The minimum absolute atomic E-state index is 0. The van der Waals surface area contributed by atoms with Crippen LogP contribution in [0.2, 0.25) is 0 Å². The number of hydrogen-bond acceptors (Lipinski definition) is 5. The van der Waals surface area contributed by atoms with Crippen LogP contribution in [0.3, 0.4) is 0 Å². The Kier molecular flexibility index (Phi) is 6.45. The van der Waals surface area contributed by atoms with E-state index >= 15 is 0 Å². The number of piperazine rings is 1. The minimum atomic E-state index is -4.68. The second kappa shape index (κ2) is 8.71. The Morgan fingerprint density at radius 2 is 2.03 bits per heavy atom.